The molecule has 1 aliphatic rings. The molecule has 1 fully saturated rings. The van der Waals surface area contributed by atoms with Crippen molar-refractivity contribution in [2.45, 2.75) is 38.9 Å². The Morgan fingerprint density at radius 1 is 1.37 bits per heavy atom. The number of aryl methyl sites for hydroxylation is 1. The number of rotatable bonds is 6. The number of H-pyrrole nitrogens is 1. The highest BCUT2D eigenvalue weighted by molar-refractivity contribution is 6.17. The van der Waals surface area contributed by atoms with E-state index in [2.05, 4.69) is 20.3 Å². The van der Waals surface area contributed by atoms with Crippen LogP contribution in [0.25, 0.3) is 11.0 Å². The van der Waals surface area contributed by atoms with Crippen LogP contribution < -0.4 is 10.2 Å². The largest absolute Gasteiger partial charge is 0.465 e. The average Bonchev–Trinajstić information content (AvgIpc) is 3.10. The number of carbonyl (C=O) groups excluding carboxylic acids is 1. The van der Waals surface area contributed by atoms with E-state index >= 15 is 0 Å². The van der Waals surface area contributed by atoms with Crippen molar-refractivity contribution in [2.24, 2.45) is 0 Å². The van der Waals surface area contributed by atoms with Crippen molar-refractivity contribution in [1.29, 1.82) is 0 Å². The molecule has 2 aromatic rings. The molecule has 1 aliphatic heterocycles. The fraction of sp³-hybridized carbons (Fsp3) is 0.579. The fourth-order valence-corrected chi connectivity index (χ4v) is 3.98. The number of alkyl halides is 1. The maximum absolute atomic E-state index is 12.8. The van der Waals surface area contributed by atoms with E-state index in [1.807, 2.05) is 18.0 Å². The highest BCUT2D eigenvalue weighted by atomic mass is 35.5. The second-order valence-corrected chi connectivity index (χ2v) is 7.89. The van der Waals surface area contributed by atoms with Crippen LogP contribution in [0.4, 0.5) is 15.4 Å². The number of halogens is 1. The first-order chi connectivity index (χ1) is 14.3. The van der Waals surface area contributed by atoms with Gasteiger partial charge in [0.25, 0.3) is 0 Å². The summed E-state index contributed by atoms with van der Waals surface area (Å²) >= 11 is 5.72. The van der Waals surface area contributed by atoms with Gasteiger partial charge >= 0.3 is 12.1 Å². The number of carboxylic acid groups (broad SMARTS) is 1. The van der Waals surface area contributed by atoms with Gasteiger partial charge in [-0.3, -0.25) is 4.90 Å². The van der Waals surface area contributed by atoms with E-state index < -0.39 is 18.3 Å². The van der Waals surface area contributed by atoms with Crippen molar-refractivity contribution in [2.75, 3.05) is 37.5 Å². The first-order valence-corrected chi connectivity index (χ1v) is 10.5. The number of aromatic nitrogens is 3. The van der Waals surface area contributed by atoms with Gasteiger partial charge in [0.05, 0.1) is 11.4 Å². The van der Waals surface area contributed by atoms with Gasteiger partial charge in [-0.15, -0.1) is 11.6 Å². The molecule has 1 saturated heterocycles. The number of nitrogens with zero attached hydrogens (tertiary/aromatic N) is 5. The molecule has 2 unspecified atom stereocenters. The molecular weight excluding hydrogens is 410 g/mol. The molecule has 30 heavy (non-hydrogen) atoms. The van der Waals surface area contributed by atoms with Crippen molar-refractivity contribution in [3.05, 3.63) is 18.1 Å². The van der Waals surface area contributed by atoms with Gasteiger partial charge in [-0.05, 0) is 32.3 Å². The topological polar surface area (TPSA) is 118 Å². The van der Waals surface area contributed by atoms with Crippen molar-refractivity contribution >= 4 is 40.6 Å². The lowest BCUT2D eigenvalue weighted by molar-refractivity contribution is 0.102. The number of piperazine rings is 1. The molecule has 3 N–H and O–H groups in total. The molecule has 2 atom stereocenters. The molecule has 0 radical (unpaired) electrons. The van der Waals surface area contributed by atoms with Gasteiger partial charge in [0, 0.05) is 38.8 Å². The van der Waals surface area contributed by atoms with Crippen LogP contribution in [-0.2, 0) is 0 Å². The Kier molecular flexibility index (Phi) is 6.86. The highest BCUT2D eigenvalue weighted by Gasteiger charge is 2.39. The molecular formula is C19H28ClN7O3. The smallest absolute Gasteiger partial charge is 0.407 e. The number of anilines is 1. The predicted octanol–water partition coefficient (Wildman–Crippen LogP) is 2.44. The number of urea groups is 1. The van der Waals surface area contributed by atoms with Crippen LogP contribution in [0.1, 0.15) is 25.3 Å². The molecule has 0 spiro atoms. The monoisotopic (exact) mass is 437 g/mol. The second-order valence-electron chi connectivity index (χ2n) is 7.51. The summed E-state index contributed by atoms with van der Waals surface area (Å²) in [6.45, 7) is 5.02. The Morgan fingerprint density at radius 3 is 2.83 bits per heavy atom. The first-order valence-electron chi connectivity index (χ1n) is 9.97. The summed E-state index contributed by atoms with van der Waals surface area (Å²) < 4.78 is 0. The van der Waals surface area contributed by atoms with Crippen LogP contribution in [0.5, 0.6) is 0 Å². The van der Waals surface area contributed by atoms with E-state index in [1.165, 1.54) is 11.2 Å². The minimum Gasteiger partial charge on any atom is -0.465 e. The molecule has 10 nitrogen and oxygen atoms in total. The maximum Gasteiger partial charge on any atom is 0.407 e. The number of nitrogens with one attached hydrogen (secondary N) is 2. The predicted molar refractivity (Wildman–Crippen MR) is 115 cm³/mol. The first kappa shape index (κ1) is 21.9. The lowest BCUT2D eigenvalue weighted by atomic mass is 10.1. The number of aromatic amines is 1. The standard InChI is InChI=1S/C19H28ClN7O3/c1-12-10-21-15-14(12)17(23-11-22-15)27-9-8-26(19(29)30)13(2)16(27)24-18(28)25(3)7-5-4-6-20/h10-11,13,16H,4-9H2,1-3H3,(H,24,28)(H,29,30)(H,21,22,23). The lowest BCUT2D eigenvalue weighted by Gasteiger charge is -2.46. The molecule has 0 aliphatic carbocycles. The van der Waals surface area contributed by atoms with Gasteiger partial charge in [-0.25, -0.2) is 19.6 Å². The Labute approximate surface area is 180 Å². The summed E-state index contributed by atoms with van der Waals surface area (Å²) in [7, 11) is 1.72. The minimum absolute atomic E-state index is 0.269. The van der Waals surface area contributed by atoms with Crippen molar-refractivity contribution in [1.82, 2.24) is 30.1 Å². The van der Waals surface area contributed by atoms with E-state index in [-0.39, 0.29) is 6.03 Å². The molecule has 164 valence electrons. The number of fused-ring (bicyclic) bond motifs is 1. The number of hydrogen-bond donors (Lipinski definition) is 3. The van der Waals surface area contributed by atoms with Gasteiger partial charge in [0.1, 0.15) is 24.0 Å². The Morgan fingerprint density at radius 2 is 2.13 bits per heavy atom. The van der Waals surface area contributed by atoms with Crippen LogP contribution in [0.3, 0.4) is 0 Å². The van der Waals surface area contributed by atoms with Crippen LogP contribution in [-0.4, -0.2) is 86.8 Å². The summed E-state index contributed by atoms with van der Waals surface area (Å²) in [5.41, 5.74) is 1.69. The van der Waals surface area contributed by atoms with Crippen LogP contribution >= 0.6 is 11.6 Å². The third-order valence-corrected chi connectivity index (χ3v) is 5.79. The Balaban J connectivity index is 1.90. The fourth-order valence-electron chi connectivity index (χ4n) is 3.79. The van der Waals surface area contributed by atoms with E-state index in [4.69, 9.17) is 11.6 Å². The molecule has 3 rings (SSSR count). The van der Waals surface area contributed by atoms with Gasteiger partial charge in [-0.1, -0.05) is 0 Å². The van der Waals surface area contributed by atoms with E-state index in [9.17, 15) is 14.7 Å². The SMILES string of the molecule is Cc1c[nH]c2ncnc(N3CCN(C(=O)O)C(C)C3NC(=O)N(C)CCCCCl)c12. The Bertz CT molecular complexity index is 905. The minimum atomic E-state index is -1.01. The molecule has 11 heteroatoms. The summed E-state index contributed by atoms with van der Waals surface area (Å²) in [5, 5.41) is 13.5. The summed E-state index contributed by atoms with van der Waals surface area (Å²) in [6, 6.07) is -0.740. The third kappa shape index (κ3) is 4.38. The van der Waals surface area contributed by atoms with Gasteiger partial charge < -0.3 is 25.2 Å². The summed E-state index contributed by atoms with van der Waals surface area (Å²) in [6.07, 6.45) is 3.36. The molecule has 2 aromatic heterocycles. The zero-order valence-electron chi connectivity index (χ0n) is 17.4. The molecule has 3 heterocycles. The number of amides is 3. The lowest BCUT2D eigenvalue weighted by Crippen LogP contribution is -2.67. The molecule has 0 saturated carbocycles. The van der Waals surface area contributed by atoms with Crippen LogP contribution in [0.2, 0.25) is 0 Å². The summed E-state index contributed by atoms with van der Waals surface area (Å²) in [5.74, 6) is 1.22. The van der Waals surface area contributed by atoms with Crippen LogP contribution in [0, 0.1) is 6.92 Å². The molecule has 3 amide bonds. The number of unbranched alkanes of at least 4 members (excludes halogenated alkanes) is 1. The van der Waals surface area contributed by atoms with Gasteiger partial charge in [0.2, 0.25) is 0 Å². The van der Waals surface area contributed by atoms with Gasteiger partial charge in [-0.2, -0.15) is 0 Å². The third-order valence-electron chi connectivity index (χ3n) is 5.53. The van der Waals surface area contributed by atoms with Crippen LogP contribution in [0.15, 0.2) is 12.5 Å². The van der Waals surface area contributed by atoms with Crippen molar-refractivity contribution in [3.8, 4) is 0 Å². The van der Waals surface area contributed by atoms with E-state index in [0.717, 1.165) is 23.8 Å². The normalized spacial score (nSPS) is 19.2. The van der Waals surface area contributed by atoms with Crippen molar-refractivity contribution < 1.29 is 14.7 Å². The number of hydrogen-bond acceptors (Lipinski definition) is 5. The summed E-state index contributed by atoms with van der Waals surface area (Å²) in [4.78, 5) is 41.3. The van der Waals surface area contributed by atoms with E-state index in [1.54, 1.807) is 18.9 Å². The zero-order chi connectivity index (χ0) is 21.8. The second kappa shape index (κ2) is 9.38. The maximum atomic E-state index is 12.8. The van der Waals surface area contributed by atoms with Crippen molar-refractivity contribution in [3.63, 3.8) is 0 Å². The quantitative estimate of drug-likeness (QED) is 0.472. The zero-order valence-corrected chi connectivity index (χ0v) is 18.2. The van der Waals surface area contributed by atoms with E-state index in [0.29, 0.717) is 37.0 Å². The highest BCUT2D eigenvalue weighted by Crippen LogP contribution is 2.29. The molecule has 0 bridgehead atoms. The Hall–Kier alpha value is -2.75. The van der Waals surface area contributed by atoms with Gasteiger partial charge in [0.15, 0.2) is 0 Å². The molecule has 0 aromatic carbocycles. The number of carbonyl (C=O) groups is 2. The average molecular weight is 438 g/mol.